The molecule has 0 bridgehead atoms. The number of aromatic nitrogens is 2. The minimum atomic E-state index is 0.571. The van der Waals surface area contributed by atoms with Crippen LogP contribution in [0.15, 0.2) is 30.5 Å². The summed E-state index contributed by atoms with van der Waals surface area (Å²) in [6.45, 7) is 10.6. The fourth-order valence-electron chi connectivity index (χ4n) is 2.13. The molecular weight excluding hydrogens is 246 g/mol. The molecule has 0 aliphatic carbocycles. The molecule has 0 amide bonds. The highest BCUT2D eigenvalue weighted by molar-refractivity contribution is 5.58. The minimum Gasteiger partial charge on any atom is -0.341 e. The van der Waals surface area contributed by atoms with Crippen LogP contribution in [0.1, 0.15) is 45.0 Å². The van der Waals surface area contributed by atoms with E-state index in [0.717, 1.165) is 24.6 Å². The van der Waals surface area contributed by atoms with E-state index in [2.05, 4.69) is 67.2 Å². The number of H-pyrrole nitrogens is 1. The van der Waals surface area contributed by atoms with Crippen molar-refractivity contribution in [3.8, 4) is 11.3 Å². The monoisotopic (exact) mass is 271 g/mol. The third kappa shape index (κ3) is 3.94. The second-order valence-electron chi connectivity index (χ2n) is 6.05. The summed E-state index contributed by atoms with van der Waals surface area (Å²) in [5, 5.41) is 3.40. The zero-order chi connectivity index (χ0) is 14.5. The Morgan fingerprint density at radius 2 is 1.80 bits per heavy atom. The molecule has 0 saturated heterocycles. The Balaban J connectivity index is 2.01. The van der Waals surface area contributed by atoms with Crippen LogP contribution < -0.4 is 5.32 Å². The standard InChI is InChI=1S/C17H25N3/c1-12(2)9-18-11-17-19-10-16(20-17)15-7-5-14(6-8-15)13(3)4/h5-8,10,12-13,18H,9,11H2,1-4H3,(H,19,20). The predicted octanol–water partition coefficient (Wildman–Crippen LogP) is 3.95. The second kappa shape index (κ2) is 6.71. The lowest BCUT2D eigenvalue weighted by atomic mass is 10.0. The van der Waals surface area contributed by atoms with Crippen molar-refractivity contribution in [2.75, 3.05) is 6.54 Å². The van der Waals surface area contributed by atoms with E-state index in [-0.39, 0.29) is 0 Å². The van der Waals surface area contributed by atoms with Crippen LogP contribution in [0.4, 0.5) is 0 Å². The number of imidazole rings is 1. The normalized spacial score (nSPS) is 11.5. The van der Waals surface area contributed by atoms with Crippen LogP contribution in [0.25, 0.3) is 11.3 Å². The van der Waals surface area contributed by atoms with E-state index in [1.165, 1.54) is 11.1 Å². The highest BCUT2D eigenvalue weighted by atomic mass is 15.0. The maximum Gasteiger partial charge on any atom is 0.120 e. The van der Waals surface area contributed by atoms with Gasteiger partial charge in [-0.25, -0.2) is 4.98 Å². The van der Waals surface area contributed by atoms with Gasteiger partial charge in [-0.05, 0) is 29.5 Å². The minimum absolute atomic E-state index is 0.571. The van der Waals surface area contributed by atoms with Gasteiger partial charge in [-0.15, -0.1) is 0 Å². The molecule has 108 valence electrons. The summed E-state index contributed by atoms with van der Waals surface area (Å²) in [5.41, 5.74) is 3.64. The van der Waals surface area contributed by atoms with Gasteiger partial charge in [-0.2, -0.15) is 0 Å². The molecule has 3 nitrogen and oxygen atoms in total. The van der Waals surface area contributed by atoms with Crippen molar-refractivity contribution in [1.29, 1.82) is 0 Å². The molecule has 1 heterocycles. The quantitative estimate of drug-likeness (QED) is 0.835. The van der Waals surface area contributed by atoms with E-state index in [1.807, 2.05) is 6.20 Å². The second-order valence-corrected chi connectivity index (χ2v) is 6.05. The molecule has 0 aliphatic heterocycles. The molecular formula is C17H25N3. The van der Waals surface area contributed by atoms with Gasteiger partial charge in [-0.1, -0.05) is 52.0 Å². The van der Waals surface area contributed by atoms with Crippen molar-refractivity contribution >= 4 is 0 Å². The van der Waals surface area contributed by atoms with Crippen LogP contribution in [0.3, 0.4) is 0 Å². The number of nitrogens with zero attached hydrogens (tertiary/aromatic N) is 1. The number of hydrogen-bond donors (Lipinski definition) is 2. The fourth-order valence-corrected chi connectivity index (χ4v) is 2.13. The molecule has 0 spiro atoms. The van der Waals surface area contributed by atoms with Gasteiger partial charge in [0.2, 0.25) is 0 Å². The first-order chi connectivity index (χ1) is 9.56. The fraction of sp³-hybridized carbons (Fsp3) is 0.471. The Hall–Kier alpha value is -1.61. The first-order valence-corrected chi connectivity index (χ1v) is 7.41. The van der Waals surface area contributed by atoms with Crippen molar-refractivity contribution in [3.05, 3.63) is 41.9 Å². The van der Waals surface area contributed by atoms with Crippen LogP contribution in [-0.4, -0.2) is 16.5 Å². The van der Waals surface area contributed by atoms with Gasteiger partial charge in [0.25, 0.3) is 0 Å². The lowest BCUT2D eigenvalue weighted by Gasteiger charge is -2.06. The highest BCUT2D eigenvalue weighted by Crippen LogP contribution is 2.21. The topological polar surface area (TPSA) is 40.7 Å². The van der Waals surface area contributed by atoms with E-state index >= 15 is 0 Å². The predicted molar refractivity (Wildman–Crippen MR) is 84.7 cm³/mol. The van der Waals surface area contributed by atoms with Crippen LogP contribution in [0.5, 0.6) is 0 Å². The zero-order valence-corrected chi connectivity index (χ0v) is 12.9. The molecule has 0 aliphatic rings. The number of rotatable bonds is 6. The summed E-state index contributed by atoms with van der Waals surface area (Å²) in [5.74, 6) is 2.23. The van der Waals surface area contributed by atoms with Crippen LogP contribution in [-0.2, 0) is 6.54 Å². The van der Waals surface area contributed by atoms with Crippen molar-refractivity contribution in [2.45, 2.75) is 40.2 Å². The smallest absolute Gasteiger partial charge is 0.120 e. The molecule has 0 radical (unpaired) electrons. The molecule has 2 rings (SSSR count). The van der Waals surface area contributed by atoms with Crippen molar-refractivity contribution in [3.63, 3.8) is 0 Å². The lowest BCUT2D eigenvalue weighted by molar-refractivity contribution is 0.545. The molecule has 20 heavy (non-hydrogen) atoms. The number of nitrogens with one attached hydrogen (secondary N) is 2. The van der Waals surface area contributed by atoms with Crippen LogP contribution in [0.2, 0.25) is 0 Å². The van der Waals surface area contributed by atoms with Crippen molar-refractivity contribution in [2.24, 2.45) is 5.92 Å². The maximum absolute atomic E-state index is 4.43. The third-order valence-corrected chi connectivity index (χ3v) is 3.36. The number of benzene rings is 1. The average molecular weight is 271 g/mol. The van der Waals surface area contributed by atoms with Gasteiger partial charge in [0.15, 0.2) is 0 Å². The average Bonchev–Trinajstić information content (AvgIpc) is 2.87. The van der Waals surface area contributed by atoms with Gasteiger partial charge >= 0.3 is 0 Å². The Labute approximate surface area is 121 Å². The Morgan fingerprint density at radius 3 is 2.40 bits per heavy atom. The summed E-state index contributed by atoms with van der Waals surface area (Å²) < 4.78 is 0. The maximum atomic E-state index is 4.43. The van der Waals surface area contributed by atoms with E-state index in [4.69, 9.17) is 0 Å². The summed E-state index contributed by atoms with van der Waals surface area (Å²) in [6, 6.07) is 8.71. The summed E-state index contributed by atoms with van der Waals surface area (Å²) >= 11 is 0. The third-order valence-electron chi connectivity index (χ3n) is 3.36. The molecule has 0 saturated carbocycles. The summed E-state index contributed by atoms with van der Waals surface area (Å²) in [7, 11) is 0. The lowest BCUT2D eigenvalue weighted by Crippen LogP contribution is -2.19. The molecule has 1 aromatic heterocycles. The Kier molecular flexibility index (Phi) is 4.96. The number of aromatic amines is 1. The van der Waals surface area contributed by atoms with E-state index in [9.17, 15) is 0 Å². The summed E-state index contributed by atoms with van der Waals surface area (Å²) in [6.07, 6.45) is 1.91. The van der Waals surface area contributed by atoms with Gasteiger partial charge in [0.05, 0.1) is 18.4 Å². The van der Waals surface area contributed by atoms with E-state index in [1.54, 1.807) is 0 Å². The Bertz CT molecular complexity index is 523. The molecule has 1 aromatic carbocycles. The first kappa shape index (κ1) is 14.8. The van der Waals surface area contributed by atoms with Crippen molar-refractivity contribution in [1.82, 2.24) is 15.3 Å². The summed E-state index contributed by atoms with van der Waals surface area (Å²) in [4.78, 5) is 7.81. The van der Waals surface area contributed by atoms with Gasteiger partial charge in [-0.3, -0.25) is 0 Å². The number of hydrogen-bond acceptors (Lipinski definition) is 2. The molecule has 3 heteroatoms. The van der Waals surface area contributed by atoms with E-state index < -0.39 is 0 Å². The molecule has 0 fully saturated rings. The molecule has 0 unspecified atom stereocenters. The van der Waals surface area contributed by atoms with Gasteiger partial charge in [0, 0.05) is 0 Å². The first-order valence-electron chi connectivity index (χ1n) is 7.41. The van der Waals surface area contributed by atoms with E-state index in [0.29, 0.717) is 11.8 Å². The largest absolute Gasteiger partial charge is 0.341 e. The van der Waals surface area contributed by atoms with Crippen LogP contribution in [0, 0.1) is 5.92 Å². The highest BCUT2D eigenvalue weighted by Gasteiger charge is 2.05. The van der Waals surface area contributed by atoms with Gasteiger partial charge in [0.1, 0.15) is 5.82 Å². The van der Waals surface area contributed by atoms with Gasteiger partial charge < -0.3 is 10.3 Å². The molecule has 2 N–H and O–H groups in total. The molecule has 2 aromatic rings. The Morgan fingerprint density at radius 1 is 1.10 bits per heavy atom. The van der Waals surface area contributed by atoms with Crippen molar-refractivity contribution < 1.29 is 0 Å². The SMILES string of the molecule is CC(C)CNCc1ncc(-c2ccc(C(C)C)cc2)[nH]1. The van der Waals surface area contributed by atoms with Crippen LogP contribution >= 0.6 is 0 Å². The zero-order valence-electron chi connectivity index (χ0n) is 12.9. The molecule has 0 atom stereocenters.